The molecule has 2 aromatic heterocycles. The Kier molecular flexibility index (Phi) is 8.81. The highest BCUT2D eigenvalue weighted by molar-refractivity contribution is 6.30. The monoisotopic (exact) mass is 766 g/mol. The van der Waals surface area contributed by atoms with Crippen LogP contribution in [0.4, 0.5) is 5.69 Å². The van der Waals surface area contributed by atoms with E-state index in [1.807, 2.05) is 43.5 Å². The number of nitrogens with zero attached hydrogens (tertiary/aromatic N) is 8. The molecule has 3 aliphatic heterocycles. The zero-order valence-electron chi connectivity index (χ0n) is 30.4. The number of unbranched alkanes of at least 4 members (excludes halogenated alkanes) is 2. The zero-order valence-corrected chi connectivity index (χ0v) is 31.1. The molecule has 0 bridgehead atoms. The molecule has 1 unspecified atom stereocenters. The molecule has 5 heterocycles. The number of aliphatic imine (C=N–C) groups is 1. The van der Waals surface area contributed by atoms with Crippen molar-refractivity contribution in [1.82, 2.24) is 40.0 Å². The number of aromatic nitrogens is 6. The quantitative estimate of drug-likeness (QED) is 0.120. The molecule has 4 amide bonds. The molecule has 2 fully saturated rings. The number of nitrogens with one attached hydrogen (secondary N) is 2. The van der Waals surface area contributed by atoms with Gasteiger partial charge in [-0.2, -0.15) is 0 Å². The van der Waals surface area contributed by atoms with E-state index in [0.717, 1.165) is 70.3 Å². The maximum absolute atomic E-state index is 13.4. The number of aryl methyl sites for hydroxylation is 2. The first-order valence-electron chi connectivity index (χ1n) is 18.6. The van der Waals surface area contributed by atoms with E-state index in [1.54, 1.807) is 22.9 Å². The second-order valence-corrected chi connectivity index (χ2v) is 14.8. The minimum Gasteiger partial charge on any atom is -0.379 e. The molecule has 280 valence electrons. The molecule has 0 radical (unpaired) electrons. The molecule has 14 nitrogen and oxygen atoms in total. The Balaban J connectivity index is 0.822. The van der Waals surface area contributed by atoms with Gasteiger partial charge in [0, 0.05) is 46.8 Å². The summed E-state index contributed by atoms with van der Waals surface area (Å²) in [6, 6.07) is 17.9. The number of fused-ring (bicyclic) bond motifs is 5. The topological polar surface area (TPSA) is 169 Å². The zero-order chi connectivity index (χ0) is 38.6. The number of hydrogen-bond acceptors (Lipinski definition) is 10. The second kappa shape index (κ2) is 14.0. The van der Waals surface area contributed by atoms with Crippen molar-refractivity contribution in [1.29, 1.82) is 0 Å². The number of imide groups is 2. The van der Waals surface area contributed by atoms with Crippen LogP contribution in [0.5, 0.6) is 0 Å². The summed E-state index contributed by atoms with van der Waals surface area (Å²) in [5.74, 6) is 6.21. The van der Waals surface area contributed by atoms with Gasteiger partial charge >= 0.3 is 0 Å². The van der Waals surface area contributed by atoms with E-state index in [1.165, 1.54) is 0 Å². The van der Waals surface area contributed by atoms with E-state index in [0.29, 0.717) is 29.4 Å². The minimum absolute atomic E-state index is 0.0592. The summed E-state index contributed by atoms with van der Waals surface area (Å²) < 4.78 is 3.91. The van der Waals surface area contributed by atoms with Gasteiger partial charge < -0.3 is 5.32 Å². The van der Waals surface area contributed by atoms with Gasteiger partial charge in [0.05, 0.1) is 35.3 Å². The predicted molar refractivity (Wildman–Crippen MR) is 205 cm³/mol. The van der Waals surface area contributed by atoms with Crippen LogP contribution in [0.3, 0.4) is 0 Å². The minimum atomic E-state index is -1.03. The van der Waals surface area contributed by atoms with Crippen molar-refractivity contribution in [3.05, 3.63) is 117 Å². The van der Waals surface area contributed by atoms with E-state index in [-0.39, 0.29) is 36.1 Å². The molecular formula is C41H35ClN10O4. The van der Waals surface area contributed by atoms with Crippen LogP contribution in [-0.4, -0.2) is 70.0 Å². The summed E-state index contributed by atoms with van der Waals surface area (Å²) in [5.41, 5.74) is 5.90. The van der Waals surface area contributed by atoms with Gasteiger partial charge in [0.15, 0.2) is 5.82 Å². The average molecular weight is 767 g/mol. The van der Waals surface area contributed by atoms with Crippen LogP contribution in [0.1, 0.15) is 99.7 Å². The number of anilines is 1. The van der Waals surface area contributed by atoms with Crippen molar-refractivity contribution in [3.63, 3.8) is 0 Å². The van der Waals surface area contributed by atoms with Crippen molar-refractivity contribution < 1.29 is 19.2 Å². The first-order valence-corrected chi connectivity index (χ1v) is 19.0. The third-order valence-corrected chi connectivity index (χ3v) is 10.8. The van der Waals surface area contributed by atoms with Gasteiger partial charge in [0.2, 0.25) is 11.8 Å². The average Bonchev–Trinajstić information content (AvgIpc) is 3.56. The van der Waals surface area contributed by atoms with Crippen molar-refractivity contribution >= 4 is 46.6 Å². The number of halogens is 1. The van der Waals surface area contributed by atoms with Crippen LogP contribution in [0.15, 0.2) is 71.9 Å². The second-order valence-electron chi connectivity index (χ2n) is 14.4. The van der Waals surface area contributed by atoms with Gasteiger partial charge in [-0.3, -0.25) is 43.6 Å². The SMILES string of the molecule is Cc1nnc2n1-c1ccc(C#CCCCCn3cc(CNc4cccc5c4C(=O)N(C4CCC(=O)NC4=O)C5=O)nn3)cc1C(c1ccc(Cl)cc1)=NC21CC1. The summed E-state index contributed by atoms with van der Waals surface area (Å²) in [4.78, 5) is 56.9. The Hall–Kier alpha value is -6.46. The summed E-state index contributed by atoms with van der Waals surface area (Å²) in [6.07, 6.45) is 6.26. The molecule has 15 heteroatoms. The van der Waals surface area contributed by atoms with Gasteiger partial charge in [-0.05, 0) is 81.5 Å². The van der Waals surface area contributed by atoms with E-state index in [9.17, 15) is 19.2 Å². The van der Waals surface area contributed by atoms with Gasteiger partial charge in [-0.25, -0.2) is 0 Å². The normalized spacial score (nSPS) is 17.7. The predicted octanol–water partition coefficient (Wildman–Crippen LogP) is 4.90. The standard InChI is InChI=1S/C41H35ClN10O4/c1-24-46-48-40-41(18-19-41)45-36(26-11-13-27(42)14-12-26)30-21-25(10-15-32(30)51(24)40)7-4-2-3-5-20-50-23-28(47-49-50)22-43-31-9-6-8-29-35(31)39(56)52(38(29)55)33-16-17-34(53)44-37(33)54/h6,8-15,21,23,33,43H,2-3,5,16-20,22H2,1H3,(H,44,53,54). The molecule has 2 N–H and O–H groups in total. The third-order valence-electron chi connectivity index (χ3n) is 10.6. The highest BCUT2D eigenvalue weighted by Crippen LogP contribution is 2.51. The lowest BCUT2D eigenvalue weighted by Gasteiger charge is -2.27. The van der Waals surface area contributed by atoms with Crippen LogP contribution >= 0.6 is 11.6 Å². The van der Waals surface area contributed by atoms with Gasteiger partial charge in [-0.15, -0.1) is 15.3 Å². The summed E-state index contributed by atoms with van der Waals surface area (Å²) in [5, 5.41) is 23.6. The fraction of sp³-hybridized carbons (Fsp3) is 0.293. The van der Waals surface area contributed by atoms with Crippen LogP contribution in [0.2, 0.25) is 5.02 Å². The number of carbonyl (C=O) groups is 4. The van der Waals surface area contributed by atoms with Crippen LogP contribution < -0.4 is 10.6 Å². The molecule has 4 aliphatic rings. The first-order chi connectivity index (χ1) is 27.2. The lowest BCUT2D eigenvalue weighted by Crippen LogP contribution is -2.54. The summed E-state index contributed by atoms with van der Waals surface area (Å²) >= 11 is 6.24. The Morgan fingerprint density at radius 2 is 1.80 bits per heavy atom. The smallest absolute Gasteiger partial charge is 0.264 e. The number of hydrogen-bond donors (Lipinski definition) is 2. The third kappa shape index (κ3) is 6.33. The highest BCUT2D eigenvalue weighted by atomic mass is 35.5. The number of benzene rings is 3. The van der Waals surface area contributed by atoms with Crippen molar-refractivity contribution in [2.75, 3.05) is 5.32 Å². The van der Waals surface area contributed by atoms with Crippen LogP contribution in [-0.2, 0) is 28.2 Å². The Morgan fingerprint density at radius 1 is 0.964 bits per heavy atom. The molecule has 1 spiro atoms. The molecule has 5 aromatic rings. The number of carbonyl (C=O) groups excluding carboxylic acids is 4. The lowest BCUT2D eigenvalue weighted by atomic mass is 9.98. The van der Waals surface area contributed by atoms with Crippen molar-refractivity contribution in [2.45, 2.75) is 76.5 Å². The molecule has 1 saturated heterocycles. The van der Waals surface area contributed by atoms with Gasteiger partial charge in [-0.1, -0.05) is 46.9 Å². The van der Waals surface area contributed by atoms with Crippen molar-refractivity contribution in [2.24, 2.45) is 4.99 Å². The van der Waals surface area contributed by atoms with Crippen LogP contribution in [0.25, 0.3) is 5.69 Å². The molecule has 3 aromatic carbocycles. The van der Waals surface area contributed by atoms with E-state index < -0.39 is 29.7 Å². The fourth-order valence-corrected chi connectivity index (χ4v) is 7.71. The van der Waals surface area contributed by atoms with Gasteiger partial charge in [0.1, 0.15) is 23.1 Å². The Bertz CT molecular complexity index is 2560. The molecule has 1 aliphatic carbocycles. The number of amides is 4. The molecular weight excluding hydrogens is 732 g/mol. The van der Waals surface area contributed by atoms with Crippen LogP contribution in [0, 0.1) is 18.8 Å². The summed E-state index contributed by atoms with van der Waals surface area (Å²) in [7, 11) is 0. The largest absolute Gasteiger partial charge is 0.379 e. The maximum Gasteiger partial charge on any atom is 0.264 e. The lowest BCUT2D eigenvalue weighted by molar-refractivity contribution is -0.136. The number of piperidine rings is 1. The van der Waals surface area contributed by atoms with E-state index >= 15 is 0 Å². The molecule has 1 saturated carbocycles. The van der Waals surface area contributed by atoms with Gasteiger partial charge in [0.25, 0.3) is 11.8 Å². The van der Waals surface area contributed by atoms with E-state index in [4.69, 9.17) is 16.6 Å². The molecule has 56 heavy (non-hydrogen) atoms. The first kappa shape index (κ1) is 35.3. The van der Waals surface area contributed by atoms with E-state index in [2.05, 4.69) is 59.7 Å². The highest BCUT2D eigenvalue weighted by Gasteiger charge is 2.51. The molecule has 9 rings (SSSR count). The molecule has 1 atom stereocenters. The maximum atomic E-state index is 13.4. The van der Waals surface area contributed by atoms with Crippen molar-refractivity contribution in [3.8, 4) is 17.5 Å². The number of rotatable bonds is 9. The summed E-state index contributed by atoms with van der Waals surface area (Å²) in [6.45, 7) is 2.90. The fourth-order valence-electron chi connectivity index (χ4n) is 7.58. The Labute approximate surface area is 326 Å². The Morgan fingerprint density at radius 3 is 2.61 bits per heavy atom.